The Bertz CT molecular complexity index is 1250. The van der Waals surface area contributed by atoms with Gasteiger partial charge in [-0.05, 0) is 37.6 Å². The molecule has 2 aliphatic heterocycles. The SMILES string of the molecule is CCOC(=O)c1c(O[C@H]2CO[C@H]3[C@@H]2OC[C@@H]3O)c2ccccc2n([C@H](C)C2=CC=C(F)C2)c1=O. The molecule has 0 amide bonds. The number of aromatic nitrogens is 1. The van der Waals surface area contributed by atoms with E-state index in [-0.39, 0.29) is 43.4 Å². The van der Waals surface area contributed by atoms with Gasteiger partial charge in [-0.15, -0.1) is 0 Å². The van der Waals surface area contributed by atoms with Gasteiger partial charge in [-0.25, -0.2) is 9.18 Å². The van der Waals surface area contributed by atoms with Crippen molar-refractivity contribution in [2.24, 2.45) is 0 Å². The Morgan fingerprint density at radius 3 is 2.74 bits per heavy atom. The Labute approximate surface area is 195 Å². The summed E-state index contributed by atoms with van der Waals surface area (Å²) in [6.45, 7) is 3.79. The van der Waals surface area contributed by atoms with E-state index in [2.05, 4.69) is 0 Å². The predicted octanol–water partition coefficient (Wildman–Crippen LogP) is 2.83. The number of hydrogen-bond donors (Lipinski definition) is 1. The van der Waals surface area contributed by atoms with E-state index in [1.807, 2.05) is 0 Å². The first-order valence-electron chi connectivity index (χ1n) is 11.4. The van der Waals surface area contributed by atoms with Crippen LogP contribution in [-0.2, 0) is 14.2 Å². The van der Waals surface area contributed by atoms with Crippen molar-refractivity contribution in [3.8, 4) is 5.75 Å². The summed E-state index contributed by atoms with van der Waals surface area (Å²) in [6.07, 6.45) is 0.716. The van der Waals surface area contributed by atoms with E-state index in [1.54, 1.807) is 44.2 Å². The van der Waals surface area contributed by atoms with Crippen molar-refractivity contribution in [3.63, 3.8) is 0 Å². The van der Waals surface area contributed by atoms with Crippen molar-refractivity contribution < 1.29 is 33.2 Å². The molecule has 3 heterocycles. The number of ether oxygens (including phenoxy) is 4. The molecule has 0 spiro atoms. The van der Waals surface area contributed by atoms with Crippen molar-refractivity contribution in [2.75, 3.05) is 19.8 Å². The van der Waals surface area contributed by atoms with Gasteiger partial charge >= 0.3 is 5.97 Å². The monoisotopic (exact) mass is 471 g/mol. The molecule has 1 aromatic carbocycles. The number of nitrogens with zero attached hydrogens (tertiary/aromatic N) is 1. The van der Waals surface area contributed by atoms with Gasteiger partial charge < -0.3 is 28.6 Å². The van der Waals surface area contributed by atoms with Gasteiger partial charge in [0.1, 0.15) is 29.9 Å². The van der Waals surface area contributed by atoms with Gasteiger partial charge in [0.2, 0.25) is 0 Å². The zero-order chi connectivity index (χ0) is 24.0. The topological polar surface area (TPSA) is 96.2 Å². The maximum atomic E-state index is 13.8. The standard InChI is InChI=1S/C25H26FNO7/c1-3-31-25(30)20-21(34-19-12-33-22-18(28)11-32-23(19)22)16-6-4-5-7-17(16)27(24(20)29)13(2)14-8-9-15(26)10-14/h4-9,13,18-19,22-23,28H,3,10-12H2,1-2H3/t13-,18+,19+,22-,23-/m1/s1. The number of rotatable bonds is 6. The quantitative estimate of drug-likeness (QED) is 0.648. The van der Waals surface area contributed by atoms with E-state index >= 15 is 0 Å². The third-order valence-electron chi connectivity index (χ3n) is 6.57. The number of halogens is 1. The maximum Gasteiger partial charge on any atom is 0.347 e. The van der Waals surface area contributed by atoms with Crippen molar-refractivity contribution in [1.82, 2.24) is 4.57 Å². The molecule has 8 nitrogen and oxygen atoms in total. The second-order valence-corrected chi connectivity index (χ2v) is 8.64. The number of fused-ring (bicyclic) bond motifs is 2. The Morgan fingerprint density at radius 1 is 1.24 bits per heavy atom. The molecule has 1 aromatic heterocycles. The first kappa shape index (κ1) is 22.8. The zero-order valence-corrected chi connectivity index (χ0v) is 18.9. The van der Waals surface area contributed by atoms with Crippen LogP contribution < -0.4 is 10.3 Å². The lowest BCUT2D eigenvalue weighted by Gasteiger charge is -2.25. The maximum absolute atomic E-state index is 13.8. The van der Waals surface area contributed by atoms with Crippen LogP contribution in [0, 0.1) is 0 Å². The van der Waals surface area contributed by atoms with Crippen LogP contribution in [0.2, 0.25) is 0 Å². The largest absolute Gasteiger partial charge is 0.483 e. The van der Waals surface area contributed by atoms with Crippen LogP contribution in [0.5, 0.6) is 5.75 Å². The molecule has 2 fully saturated rings. The number of benzene rings is 1. The number of aliphatic hydroxyl groups excluding tert-OH is 1. The van der Waals surface area contributed by atoms with E-state index in [1.165, 1.54) is 10.6 Å². The summed E-state index contributed by atoms with van der Waals surface area (Å²) in [5.41, 5.74) is 0.435. The fraction of sp³-hybridized carbons (Fsp3) is 0.440. The van der Waals surface area contributed by atoms with Crippen LogP contribution in [0.3, 0.4) is 0 Å². The molecule has 1 aliphatic carbocycles. The summed E-state index contributed by atoms with van der Waals surface area (Å²) in [5, 5.41) is 10.6. The molecule has 34 heavy (non-hydrogen) atoms. The average molecular weight is 471 g/mol. The van der Waals surface area contributed by atoms with Gasteiger partial charge in [-0.3, -0.25) is 4.79 Å². The van der Waals surface area contributed by atoms with Crippen molar-refractivity contribution in [2.45, 2.75) is 50.7 Å². The van der Waals surface area contributed by atoms with E-state index in [0.29, 0.717) is 16.5 Å². The summed E-state index contributed by atoms with van der Waals surface area (Å²) >= 11 is 0. The number of carbonyl (C=O) groups is 1. The van der Waals surface area contributed by atoms with Gasteiger partial charge in [0.25, 0.3) is 5.56 Å². The third-order valence-corrected chi connectivity index (χ3v) is 6.57. The summed E-state index contributed by atoms with van der Waals surface area (Å²) in [5.74, 6) is -0.993. The minimum atomic E-state index is -0.804. The molecule has 180 valence electrons. The highest BCUT2D eigenvalue weighted by Gasteiger charge is 2.49. The molecule has 0 bridgehead atoms. The first-order chi connectivity index (χ1) is 16.4. The first-order valence-corrected chi connectivity index (χ1v) is 11.4. The Kier molecular flexibility index (Phi) is 6.01. The van der Waals surface area contributed by atoms with E-state index in [9.17, 15) is 19.1 Å². The van der Waals surface area contributed by atoms with Crippen LogP contribution in [0.15, 0.2) is 52.6 Å². The third kappa shape index (κ3) is 3.73. The Hall–Kier alpha value is -3.01. The van der Waals surface area contributed by atoms with E-state index < -0.39 is 42.0 Å². The van der Waals surface area contributed by atoms with E-state index in [0.717, 1.165) is 0 Å². The molecule has 3 aliphatic rings. The molecule has 0 unspecified atom stereocenters. The molecule has 9 heteroatoms. The lowest BCUT2D eigenvalue weighted by atomic mass is 10.0. The van der Waals surface area contributed by atoms with Crippen LogP contribution in [0.1, 0.15) is 36.7 Å². The highest BCUT2D eigenvalue weighted by Crippen LogP contribution is 2.37. The van der Waals surface area contributed by atoms with E-state index in [4.69, 9.17) is 18.9 Å². The highest BCUT2D eigenvalue weighted by molar-refractivity contribution is 6.00. The summed E-state index contributed by atoms with van der Waals surface area (Å²) in [7, 11) is 0. The molecule has 0 radical (unpaired) electrons. The lowest BCUT2D eigenvalue weighted by Crippen LogP contribution is -2.37. The molecule has 2 aromatic rings. The predicted molar refractivity (Wildman–Crippen MR) is 121 cm³/mol. The van der Waals surface area contributed by atoms with Gasteiger partial charge in [-0.1, -0.05) is 18.2 Å². The zero-order valence-electron chi connectivity index (χ0n) is 18.9. The van der Waals surface area contributed by atoms with Gasteiger partial charge in [0.05, 0.1) is 31.4 Å². The summed E-state index contributed by atoms with van der Waals surface area (Å²) < 4.78 is 38.0. The van der Waals surface area contributed by atoms with Crippen LogP contribution in [0.25, 0.3) is 10.9 Å². The highest BCUT2D eigenvalue weighted by atomic mass is 19.1. The van der Waals surface area contributed by atoms with Crippen molar-refractivity contribution >= 4 is 16.9 Å². The second-order valence-electron chi connectivity index (χ2n) is 8.64. The summed E-state index contributed by atoms with van der Waals surface area (Å²) in [4.78, 5) is 26.8. The Balaban J connectivity index is 1.65. The van der Waals surface area contributed by atoms with Gasteiger partial charge in [0.15, 0.2) is 11.7 Å². The number of hydrogen-bond acceptors (Lipinski definition) is 7. The van der Waals surface area contributed by atoms with Crippen molar-refractivity contribution in [1.29, 1.82) is 0 Å². The fourth-order valence-electron chi connectivity index (χ4n) is 4.89. The molecular formula is C25H26FNO7. The molecule has 0 saturated carbocycles. The smallest absolute Gasteiger partial charge is 0.347 e. The number of carbonyl (C=O) groups excluding carboxylic acids is 1. The molecule has 1 N–H and O–H groups in total. The van der Waals surface area contributed by atoms with Gasteiger partial charge in [0, 0.05) is 11.8 Å². The number of pyridine rings is 1. The fourth-order valence-corrected chi connectivity index (χ4v) is 4.89. The minimum Gasteiger partial charge on any atom is -0.483 e. The van der Waals surface area contributed by atoms with Crippen LogP contribution in [0.4, 0.5) is 4.39 Å². The van der Waals surface area contributed by atoms with Gasteiger partial charge in [-0.2, -0.15) is 0 Å². The van der Waals surface area contributed by atoms with Crippen LogP contribution in [-0.4, -0.2) is 59.9 Å². The minimum absolute atomic E-state index is 0.0763. The Morgan fingerprint density at radius 2 is 2.00 bits per heavy atom. The van der Waals surface area contributed by atoms with Crippen LogP contribution >= 0.6 is 0 Å². The molecule has 5 atom stereocenters. The number of aliphatic hydroxyl groups is 1. The molecular weight excluding hydrogens is 445 g/mol. The van der Waals surface area contributed by atoms with Crippen molar-refractivity contribution in [3.05, 3.63) is 63.7 Å². The molecule has 2 saturated heterocycles. The average Bonchev–Trinajstić information content (AvgIpc) is 3.52. The summed E-state index contributed by atoms with van der Waals surface area (Å²) in [6, 6.07) is 6.58. The second kappa shape index (κ2) is 8.98. The normalized spacial score (nSPS) is 26.8. The number of allylic oxidation sites excluding steroid dienone is 4. The lowest BCUT2D eigenvalue weighted by molar-refractivity contribution is 0.00847. The number of esters is 1. The molecule has 5 rings (SSSR count). The number of para-hydroxylation sites is 1.